The Morgan fingerprint density at radius 1 is 1.13 bits per heavy atom. The second-order valence-corrected chi connectivity index (χ2v) is 5.00. The first-order chi connectivity index (χ1) is 11.1. The number of furan rings is 1. The van der Waals surface area contributed by atoms with Crippen molar-refractivity contribution in [2.45, 2.75) is 6.61 Å². The van der Waals surface area contributed by atoms with E-state index < -0.39 is 11.9 Å². The molecule has 23 heavy (non-hydrogen) atoms. The number of hydrogen-bond donors (Lipinski definition) is 0. The molecule has 0 unspecified atom stereocenters. The van der Waals surface area contributed by atoms with Crippen molar-refractivity contribution in [1.82, 2.24) is 4.57 Å². The Bertz CT molecular complexity index is 874. The predicted molar refractivity (Wildman–Crippen MR) is 82.1 cm³/mol. The Hall–Kier alpha value is -3.02. The van der Waals surface area contributed by atoms with Crippen LogP contribution in [0.1, 0.15) is 26.5 Å². The molecule has 0 saturated heterocycles. The monoisotopic (exact) mass is 313 g/mol. The predicted octanol–water partition coefficient (Wildman–Crippen LogP) is 2.91. The molecule has 2 heterocycles. The molecule has 3 aromatic rings. The number of esters is 2. The van der Waals surface area contributed by atoms with Crippen LogP contribution < -0.4 is 0 Å². The number of hydrogen-bond acceptors (Lipinski definition) is 5. The molecular weight excluding hydrogens is 298 g/mol. The number of fused-ring (bicyclic) bond motifs is 1. The number of aromatic nitrogens is 1. The molecule has 0 spiro atoms. The molecular formula is C17H15NO5. The third kappa shape index (κ3) is 2.70. The van der Waals surface area contributed by atoms with Gasteiger partial charge in [-0.3, -0.25) is 0 Å². The van der Waals surface area contributed by atoms with Crippen molar-refractivity contribution < 1.29 is 23.5 Å². The first-order valence-electron chi connectivity index (χ1n) is 6.97. The topological polar surface area (TPSA) is 70.7 Å². The molecule has 0 bridgehead atoms. The lowest BCUT2D eigenvalue weighted by Gasteiger charge is -2.04. The molecule has 0 fully saturated rings. The van der Waals surface area contributed by atoms with Crippen LogP contribution in [0.15, 0.2) is 47.2 Å². The second kappa shape index (κ2) is 6.00. The minimum atomic E-state index is -0.532. The van der Waals surface area contributed by atoms with Gasteiger partial charge >= 0.3 is 11.9 Å². The Morgan fingerprint density at radius 3 is 2.70 bits per heavy atom. The fourth-order valence-electron chi connectivity index (χ4n) is 2.46. The van der Waals surface area contributed by atoms with E-state index in [1.165, 1.54) is 19.4 Å². The quantitative estimate of drug-likeness (QED) is 0.693. The van der Waals surface area contributed by atoms with Crippen LogP contribution in [0.5, 0.6) is 0 Å². The number of para-hydroxylation sites is 1. The van der Waals surface area contributed by atoms with Gasteiger partial charge in [0, 0.05) is 24.1 Å². The average Bonchev–Trinajstić information content (AvgIpc) is 3.17. The van der Waals surface area contributed by atoms with E-state index in [1.807, 2.05) is 35.9 Å². The Balaban J connectivity index is 1.80. The minimum absolute atomic E-state index is 0.139. The number of carbonyl (C=O) groups excluding carboxylic acids is 2. The van der Waals surface area contributed by atoms with E-state index in [2.05, 4.69) is 4.74 Å². The van der Waals surface area contributed by atoms with Crippen molar-refractivity contribution >= 4 is 22.8 Å². The molecule has 0 saturated carbocycles. The minimum Gasteiger partial charge on any atom is -0.465 e. The Morgan fingerprint density at radius 2 is 1.91 bits per heavy atom. The van der Waals surface area contributed by atoms with Crippen LogP contribution in [0.4, 0.5) is 0 Å². The van der Waals surface area contributed by atoms with Crippen LogP contribution in [0.2, 0.25) is 0 Å². The SMILES string of the molecule is COC(=O)c1ccoc1COC(=O)c1cn(C)c2ccccc12. The van der Waals surface area contributed by atoms with Gasteiger partial charge in [-0.1, -0.05) is 18.2 Å². The summed E-state index contributed by atoms with van der Waals surface area (Å²) in [6.45, 7) is -0.139. The molecule has 0 amide bonds. The number of methoxy groups -OCH3 is 1. The van der Waals surface area contributed by atoms with Crippen LogP contribution >= 0.6 is 0 Å². The van der Waals surface area contributed by atoms with Gasteiger partial charge in [0.1, 0.15) is 5.56 Å². The number of aryl methyl sites for hydroxylation is 1. The smallest absolute Gasteiger partial charge is 0.341 e. The lowest BCUT2D eigenvalue weighted by atomic mass is 10.2. The summed E-state index contributed by atoms with van der Waals surface area (Å²) in [6, 6.07) is 9.03. The van der Waals surface area contributed by atoms with Crippen molar-refractivity contribution in [3.8, 4) is 0 Å². The van der Waals surface area contributed by atoms with Crippen LogP contribution in [-0.2, 0) is 23.1 Å². The van der Waals surface area contributed by atoms with Gasteiger partial charge in [0.05, 0.1) is 18.9 Å². The standard InChI is InChI=1S/C17H15NO5/c1-18-9-13(11-5-3-4-6-14(11)18)17(20)23-10-15-12(7-8-22-15)16(19)21-2/h3-9H,10H2,1-2H3. The third-order valence-electron chi connectivity index (χ3n) is 3.60. The zero-order valence-electron chi connectivity index (χ0n) is 12.7. The zero-order valence-corrected chi connectivity index (χ0v) is 12.7. The highest BCUT2D eigenvalue weighted by Gasteiger charge is 2.19. The lowest BCUT2D eigenvalue weighted by Crippen LogP contribution is -2.08. The molecule has 2 aromatic heterocycles. The summed E-state index contributed by atoms with van der Waals surface area (Å²) < 4.78 is 17.0. The maximum atomic E-state index is 12.3. The summed E-state index contributed by atoms with van der Waals surface area (Å²) in [4.78, 5) is 23.9. The third-order valence-corrected chi connectivity index (χ3v) is 3.60. The van der Waals surface area contributed by atoms with E-state index >= 15 is 0 Å². The molecule has 6 heteroatoms. The number of carbonyl (C=O) groups is 2. The van der Waals surface area contributed by atoms with Gasteiger partial charge in [-0.05, 0) is 12.1 Å². The van der Waals surface area contributed by atoms with Gasteiger partial charge in [-0.2, -0.15) is 0 Å². The normalized spacial score (nSPS) is 10.7. The molecule has 0 N–H and O–H groups in total. The van der Waals surface area contributed by atoms with E-state index in [0.29, 0.717) is 5.56 Å². The van der Waals surface area contributed by atoms with Crippen LogP contribution in [0.3, 0.4) is 0 Å². The summed E-state index contributed by atoms with van der Waals surface area (Å²) in [7, 11) is 3.14. The first kappa shape index (κ1) is 14.9. The van der Waals surface area contributed by atoms with Gasteiger partial charge in [-0.15, -0.1) is 0 Å². The van der Waals surface area contributed by atoms with E-state index in [0.717, 1.165) is 10.9 Å². The Kier molecular flexibility index (Phi) is 3.89. The van der Waals surface area contributed by atoms with Crippen molar-refractivity contribution in [2.24, 2.45) is 7.05 Å². The largest absolute Gasteiger partial charge is 0.465 e. The number of ether oxygens (including phenoxy) is 2. The van der Waals surface area contributed by atoms with Gasteiger partial charge in [-0.25, -0.2) is 9.59 Å². The maximum Gasteiger partial charge on any atom is 0.341 e. The second-order valence-electron chi connectivity index (χ2n) is 5.00. The summed E-state index contributed by atoms with van der Waals surface area (Å²) in [6.07, 6.45) is 3.07. The van der Waals surface area contributed by atoms with E-state index in [4.69, 9.17) is 9.15 Å². The van der Waals surface area contributed by atoms with E-state index in [9.17, 15) is 9.59 Å². The maximum absolute atomic E-state index is 12.3. The van der Waals surface area contributed by atoms with Crippen molar-refractivity contribution in [3.63, 3.8) is 0 Å². The highest BCUT2D eigenvalue weighted by molar-refractivity contribution is 6.04. The number of benzene rings is 1. The van der Waals surface area contributed by atoms with Crippen LogP contribution in [-0.4, -0.2) is 23.6 Å². The first-order valence-corrected chi connectivity index (χ1v) is 6.97. The summed E-state index contributed by atoms with van der Waals surface area (Å²) in [5.74, 6) is -0.755. The molecule has 0 radical (unpaired) electrons. The van der Waals surface area contributed by atoms with Gasteiger partial charge in [0.25, 0.3) is 0 Å². The molecule has 6 nitrogen and oxygen atoms in total. The molecule has 3 rings (SSSR count). The van der Waals surface area contributed by atoms with Gasteiger partial charge in [0.2, 0.25) is 0 Å². The summed E-state index contributed by atoms with van der Waals surface area (Å²) in [5.41, 5.74) is 1.65. The fraction of sp³-hybridized carbons (Fsp3) is 0.176. The molecule has 0 atom stereocenters. The van der Waals surface area contributed by atoms with E-state index in [-0.39, 0.29) is 17.9 Å². The number of rotatable bonds is 4. The van der Waals surface area contributed by atoms with Crippen LogP contribution in [0, 0.1) is 0 Å². The molecule has 1 aromatic carbocycles. The van der Waals surface area contributed by atoms with Crippen molar-refractivity contribution in [3.05, 3.63) is 59.7 Å². The van der Waals surface area contributed by atoms with Gasteiger partial charge in [0.15, 0.2) is 12.4 Å². The molecule has 0 aliphatic rings. The van der Waals surface area contributed by atoms with Crippen LogP contribution in [0.25, 0.3) is 10.9 Å². The average molecular weight is 313 g/mol. The Labute approximate surface area is 132 Å². The highest BCUT2D eigenvalue weighted by atomic mass is 16.5. The van der Waals surface area contributed by atoms with Crippen molar-refractivity contribution in [1.29, 1.82) is 0 Å². The summed E-state index contributed by atoms with van der Waals surface area (Å²) >= 11 is 0. The fourth-order valence-corrected chi connectivity index (χ4v) is 2.46. The van der Waals surface area contributed by atoms with Gasteiger partial charge < -0.3 is 18.5 Å². The van der Waals surface area contributed by atoms with E-state index in [1.54, 1.807) is 6.20 Å². The van der Waals surface area contributed by atoms with Crippen molar-refractivity contribution in [2.75, 3.05) is 7.11 Å². The lowest BCUT2D eigenvalue weighted by molar-refractivity contribution is 0.0434. The highest BCUT2D eigenvalue weighted by Crippen LogP contribution is 2.22. The zero-order chi connectivity index (χ0) is 16.4. The molecule has 0 aliphatic carbocycles. The number of nitrogens with zero attached hydrogens (tertiary/aromatic N) is 1. The molecule has 0 aliphatic heterocycles. The molecule has 118 valence electrons. The summed E-state index contributed by atoms with van der Waals surface area (Å²) in [5, 5.41) is 0.813.